The molecule has 0 heterocycles. The van der Waals surface area contributed by atoms with E-state index in [1.165, 1.54) is 0 Å². The summed E-state index contributed by atoms with van der Waals surface area (Å²) in [6, 6.07) is 13.1. The molecule has 1 aliphatic rings. The van der Waals surface area contributed by atoms with E-state index >= 15 is 0 Å². The number of hydrogen-bond donors (Lipinski definition) is 1. The van der Waals surface area contributed by atoms with E-state index in [1.807, 2.05) is 37.3 Å². The van der Waals surface area contributed by atoms with Crippen molar-refractivity contribution >= 4 is 21.6 Å². The fraction of sp³-hybridized carbons (Fsp3) is 0.333. The summed E-state index contributed by atoms with van der Waals surface area (Å²) in [6.07, 6.45) is 1.75. The third-order valence-corrected chi connectivity index (χ3v) is 4.43. The first-order valence-electron chi connectivity index (χ1n) is 7.70. The van der Waals surface area contributed by atoms with Gasteiger partial charge in [-0.15, -0.1) is 0 Å². The molecule has 0 amide bonds. The van der Waals surface area contributed by atoms with Crippen molar-refractivity contribution in [2.75, 3.05) is 11.9 Å². The minimum absolute atomic E-state index is 0.229. The van der Waals surface area contributed by atoms with Crippen LogP contribution in [0.25, 0.3) is 0 Å². The highest BCUT2D eigenvalue weighted by atomic mass is 79.9. The number of hydrogen-bond acceptors (Lipinski definition) is 3. The van der Waals surface area contributed by atoms with Crippen LogP contribution in [0.3, 0.4) is 0 Å². The summed E-state index contributed by atoms with van der Waals surface area (Å²) in [5.41, 5.74) is 0.953. The van der Waals surface area contributed by atoms with Gasteiger partial charge >= 0.3 is 0 Å². The molecule has 0 bridgehead atoms. The van der Waals surface area contributed by atoms with Crippen LogP contribution in [0.1, 0.15) is 25.3 Å². The van der Waals surface area contributed by atoms with Crippen LogP contribution in [0.5, 0.6) is 5.75 Å². The number of benzene rings is 2. The van der Waals surface area contributed by atoms with Gasteiger partial charge in [-0.25, -0.2) is 4.39 Å². The molecule has 1 fully saturated rings. The quantitative estimate of drug-likeness (QED) is 0.678. The average molecular weight is 380 g/mol. The van der Waals surface area contributed by atoms with E-state index in [0.29, 0.717) is 23.4 Å². The Morgan fingerprint density at radius 2 is 1.91 bits per heavy atom. The van der Waals surface area contributed by atoms with E-state index in [2.05, 4.69) is 21.2 Å². The lowest BCUT2D eigenvalue weighted by Crippen LogP contribution is -2.26. The second kappa shape index (κ2) is 6.89. The van der Waals surface area contributed by atoms with Crippen molar-refractivity contribution in [3.8, 4) is 5.75 Å². The van der Waals surface area contributed by atoms with Gasteiger partial charge in [0.1, 0.15) is 12.3 Å². The molecule has 0 aromatic heterocycles. The van der Waals surface area contributed by atoms with Crippen LogP contribution >= 0.6 is 15.9 Å². The molecular formula is C18H19BrFNO2. The lowest BCUT2D eigenvalue weighted by atomic mass is 10.2. The molecule has 1 aliphatic carbocycles. The van der Waals surface area contributed by atoms with Crippen molar-refractivity contribution < 1.29 is 13.9 Å². The van der Waals surface area contributed by atoms with Gasteiger partial charge in [-0.1, -0.05) is 30.3 Å². The van der Waals surface area contributed by atoms with Crippen molar-refractivity contribution in [1.82, 2.24) is 0 Å². The molecule has 0 aliphatic heterocycles. The van der Waals surface area contributed by atoms with Crippen LogP contribution in [0.15, 0.2) is 46.9 Å². The molecule has 23 heavy (non-hydrogen) atoms. The molecule has 3 nitrogen and oxygen atoms in total. The van der Waals surface area contributed by atoms with Crippen LogP contribution in [0, 0.1) is 5.82 Å². The number of halogens is 2. The summed E-state index contributed by atoms with van der Waals surface area (Å²) >= 11 is 3.40. The van der Waals surface area contributed by atoms with Crippen molar-refractivity contribution in [1.29, 1.82) is 0 Å². The fourth-order valence-electron chi connectivity index (χ4n) is 2.42. The van der Waals surface area contributed by atoms with Crippen LogP contribution in [-0.4, -0.2) is 12.3 Å². The predicted octanol–water partition coefficient (Wildman–Crippen LogP) is 5.11. The molecule has 0 unspecified atom stereocenters. The maximum absolute atomic E-state index is 14.8. The molecule has 2 aromatic carbocycles. The second-order valence-corrected chi connectivity index (χ2v) is 6.42. The van der Waals surface area contributed by atoms with Crippen molar-refractivity contribution in [2.45, 2.75) is 32.1 Å². The van der Waals surface area contributed by atoms with Gasteiger partial charge in [0.2, 0.25) is 0 Å². The molecule has 0 saturated heterocycles. The van der Waals surface area contributed by atoms with Gasteiger partial charge < -0.3 is 14.8 Å². The molecule has 1 saturated carbocycles. The summed E-state index contributed by atoms with van der Waals surface area (Å²) in [5, 5.41) is 3.18. The average Bonchev–Trinajstić information content (AvgIpc) is 3.32. The van der Waals surface area contributed by atoms with Gasteiger partial charge in [-0.3, -0.25) is 0 Å². The van der Waals surface area contributed by atoms with Gasteiger partial charge in [-0.2, -0.15) is 0 Å². The van der Waals surface area contributed by atoms with Crippen LogP contribution in [-0.2, 0) is 11.3 Å². The van der Waals surface area contributed by atoms with Gasteiger partial charge in [0, 0.05) is 11.1 Å². The Morgan fingerprint density at radius 1 is 1.17 bits per heavy atom. The third-order valence-electron chi connectivity index (χ3n) is 3.77. The third kappa shape index (κ3) is 3.85. The van der Waals surface area contributed by atoms with Crippen LogP contribution in [0.2, 0.25) is 0 Å². The minimum Gasteiger partial charge on any atom is -0.486 e. The smallest absolute Gasteiger partial charge is 0.189 e. The van der Waals surface area contributed by atoms with Gasteiger partial charge in [0.25, 0.3) is 0 Å². The van der Waals surface area contributed by atoms with E-state index in [1.54, 1.807) is 12.1 Å². The second-order valence-electron chi connectivity index (χ2n) is 5.56. The zero-order chi connectivity index (χ0) is 16.3. The van der Waals surface area contributed by atoms with E-state index in [0.717, 1.165) is 18.4 Å². The Balaban J connectivity index is 1.76. The summed E-state index contributed by atoms with van der Waals surface area (Å²) in [7, 11) is 0. The van der Waals surface area contributed by atoms with Crippen LogP contribution in [0.4, 0.5) is 10.1 Å². The summed E-state index contributed by atoms with van der Waals surface area (Å²) in [5.74, 6) is -0.173. The van der Waals surface area contributed by atoms with E-state index in [4.69, 9.17) is 9.47 Å². The molecular weight excluding hydrogens is 361 g/mol. The van der Waals surface area contributed by atoms with Gasteiger partial charge in [-0.05, 0) is 53.4 Å². The standard InChI is InChI=1S/C18H19BrFNO2/c1-2-23-18(10-11-18)21-17-14(19)8-9-15(16(17)20)22-12-13-6-4-3-5-7-13/h3-9,21H,2,10-12H2,1H3. The number of nitrogens with one attached hydrogen (secondary N) is 1. The largest absolute Gasteiger partial charge is 0.486 e. The number of rotatable bonds is 7. The van der Waals surface area contributed by atoms with E-state index in [9.17, 15) is 4.39 Å². The monoisotopic (exact) mass is 379 g/mol. The van der Waals surface area contributed by atoms with Crippen molar-refractivity contribution in [2.24, 2.45) is 0 Å². The number of anilines is 1. The summed E-state index contributed by atoms with van der Waals surface area (Å²) < 4.78 is 26.7. The summed E-state index contributed by atoms with van der Waals surface area (Å²) in [4.78, 5) is 0. The molecule has 2 aromatic rings. The van der Waals surface area contributed by atoms with Gasteiger partial charge in [0.15, 0.2) is 11.6 Å². The zero-order valence-corrected chi connectivity index (χ0v) is 14.5. The maximum atomic E-state index is 14.8. The fourth-order valence-corrected chi connectivity index (χ4v) is 2.82. The number of ether oxygens (including phenoxy) is 2. The Bertz CT molecular complexity index is 674. The summed E-state index contributed by atoms with van der Waals surface area (Å²) in [6.45, 7) is 2.86. The minimum atomic E-state index is -0.434. The molecule has 0 spiro atoms. The van der Waals surface area contributed by atoms with Crippen LogP contribution < -0.4 is 10.1 Å². The Hall–Kier alpha value is -1.59. The molecule has 3 rings (SSSR count). The molecule has 1 N–H and O–H groups in total. The first kappa shape index (κ1) is 16.3. The normalized spacial score (nSPS) is 15.3. The Morgan fingerprint density at radius 3 is 2.57 bits per heavy atom. The van der Waals surface area contributed by atoms with E-state index in [-0.39, 0.29) is 5.75 Å². The molecule has 5 heteroatoms. The molecule has 0 atom stereocenters. The van der Waals surface area contributed by atoms with Crippen molar-refractivity contribution in [3.05, 3.63) is 58.3 Å². The van der Waals surface area contributed by atoms with Crippen molar-refractivity contribution in [3.63, 3.8) is 0 Å². The maximum Gasteiger partial charge on any atom is 0.189 e. The van der Waals surface area contributed by atoms with E-state index < -0.39 is 11.5 Å². The zero-order valence-electron chi connectivity index (χ0n) is 12.9. The predicted molar refractivity (Wildman–Crippen MR) is 92.1 cm³/mol. The first-order chi connectivity index (χ1) is 11.1. The highest BCUT2D eigenvalue weighted by Crippen LogP contribution is 2.43. The van der Waals surface area contributed by atoms with Gasteiger partial charge in [0.05, 0.1) is 5.69 Å². The molecule has 122 valence electrons. The lowest BCUT2D eigenvalue weighted by molar-refractivity contribution is 0.0628. The first-order valence-corrected chi connectivity index (χ1v) is 8.50. The molecule has 0 radical (unpaired) electrons. The highest BCUT2D eigenvalue weighted by Gasteiger charge is 2.44. The lowest BCUT2D eigenvalue weighted by Gasteiger charge is -2.21. The topological polar surface area (TPSA) is 30.5 Å². The highest BCUT2D eigenvalue weighted by molar-refractivity contribution is 9.10. The SMILES string of the molecule is CCOC1(Nc2c(Br)ccc(OCc3ccccc3)c2F)CC1. The Labute approximate surface area is 143 Å². The Kier molecular flexibility index (Phi) is 4.87.